The number of nitrogens with zero attached hydrogens (tertiary/aromatic N) is 1. The van der Waals surface area contributed by atoms with Gasteiger partial charge < -0.3 is 10.6 Å². The smallest absolute Gasteiger partial charge is 0.134 e. The first-order valence-electron chi connectivity index (χ1n) is 7.23. The highest BCUT2D eigenvalue weighted by molar-refractivity contribution is 5.78. The number of rotatable bonds is 7. The molecule has 1 rings (SSSR count). The summed E-state index contributed by atoms with van der Waals surface area (Å²) in [5, 5.41) is 0. The fourth-order valence-electron chi connectivity index (χ4n) is 2.58. The summed E-state index contributed by atoms with van der Waals surface area (Å²) in [7, 11) is 4.11. The zero-order chi connectivity index (χ0) is 16.0. The largest absolute Gasteiger partial charge is 0.399 e. The topological polar surface area (TPSA) is 46.3 Å². The third-order valence-electron chi connectivity index (χ3n) is 3.75. The Balaban J connectivity index is 3.09. The van der Waals surface area contributed by atoms with E-state index in [4.69, 9.17) is 5.73 Å². The van der Waals surface area contributed by atoms with Crippen LogP contribution in [0.1, 0.15) is 31.7 Å². The fourth-order valence-corrected chi connectivity index (χ4v) is 2.58. The van der Waals surface area contributed by atoms with Gasteiger partial charge in [-0.25, -0.2) is 0 Å². The summed E-state index contributed by atoms with van der Waals surface area (Å²) in [6.45, 7) is 8.40. The Morgan fingerprint density at radius 2 is 1.90 bits per heavy atom. The van der Waals surface area contributed by atoms with E-state index in [1.807, 2.05) is 12.1 Å². The van der Waals surface area contributed by atoms with Crippen molar-refractivity contribution in [3.8, 4) is 0 Å². The third kappa shape index (κ3) is 5.22. The molecule has 114 valence electrons. The van der Waals surface area contributed by atoms with Gasteiger partial charge in [0.2, 0.25) is 0 Å². The lowest BCUT2D eigenvalue weighted by molar-refractivity contribution is -0.116. The zero-order valence-electron chi connectivity index (χ0n) is 13.5. The van der Waals surface area contributed by atoms with Crippen molar-refractivity contribution in [1.82, 2.24) is 4.90 Å². The normalized spacial score (nSPS) is 13.6. The summed E-state index contributed by atoms with van der Waals surface area (Å²) in [6, 6.07) is 7.98. The van der Waals surface area contributed by atoms with E-state index in [2.05, 4.69) is 50.4 Å². The number of nitrogen functional groups attached to an aromatic ring is 1. The molecule has 0 saturated heterocycles. The molecular formula is C18H26N2O. The molecule has 1 aromatic rings. The van der Waals surface area contributed by atoms with Crippen LogP contribution in [0.2, 0.25) is 0 Å². The van der Waals surface area contributed by atoms with Crippen LogP contribution in [0.25, 0.3) is 0 Å². The molecule has 21 heavy (non-hydrogen) atoms. The van der Waals surface area contributed by atoms with Crippen LogP contribution in [0.15, 0.2) is 42.1 Å². The lowest BCUT2D eigenvalue weighted by atomic mass is 9.80. The van der Waals surface area contributed by atoms with Gasteiger partial charge in [0.05, 0.1) is 0 Å². The van der Waals surface area contributed by atoms with E-state index in [0.29, 0.717) is 6.42 Å². The van der Waals surface area contributed by atoms with E-state index in [1.54, 1.807) is 6.92 Å². The lowest BCUT2D eigenvalue weighted by Gasteiger charge is -2.28. The Morgan fingerprint density at radius 1 is 1.33 bits per heavy atom. The first-order valence-corrected chi connectivity index (χ1v) is 7.23. The number of anilines is 1. The van der Waals surface area contributed by atoms with Crippen LogP contribution in [0, 0.1) is 5.92 Å². The predicted molar refractivity (Wildman–Crippen MR) is 89.3 cm³/mol. The van der Waals surface area contributed by atoms with Crippen LogP contribution in [0.3, 0.4) is 0 Å². The van der Waals surface area contributed by atoms with Crippen LogP contribution in [0.4, 0.5) is 5.69 Å². The quantitative estimate of drug-likeness (QED) is 0.618. The zero-order valence-corrected chi connectivity index (χ0v) is 13.5. The molecule has 0 aliphatic carbocycles. The molecule has 1 aromatic carbocycles. The van der Waals surface area contributed by atoms with Crippen molar-refractivity contribution in [1.29, 1.82) is 0 Å². The molecule has 3 heteroatoms. The minimum absolute atomic E-state index is 0.147. The van der Waals surface area contributed by atoms with Gasteiger partial charge in [-0.15, -0.1) is 5.73 Å². The molecule has 0 bridgehead atoms. The standard InChI is InChI=1S/C18H26N2O/c1-6-15(11-13(2)21)14(3)18(12-20(4)5)16-7-9-17(19)10-8-16/h7-10,14,18H,1,11-12,19H2,2-5H3. The summed E-state index contributed by atoms with van der Waals surface area (Å²) in [5.41, 5.74) is 11.7. The number of ketones is 1. The van der Waals surface area contributed by atoms with Crippen LogP contribution < -0.4 is 5.73 Å². The van der Waals surface area contributed by atoms with E-state index in [0.717, 1.165) is 17.8 Å². The van der Waals surface area contributed by atoms with E-state index >= 15 is 0 Å². The second-order valence-electron chi connectivity index (χ2n) is 5.90. The molecule has 0 aliphatic heterocycles. The van der Waals surface area contributed by atoms with Crippen LogP contribution in [0.5, 0.6) is 0 Å². The van der Waals surface area contributed by atoms with Crippen molar-refractivity contribution >= 4 is 11.5 Å². The van der Waals surface area contributed by atoms with Gasteiger partial charge in [-0.2, -0.15) is 0 Å². The average molecular weight is 286 g/mol. The number of likely N-dealkylation sites (N-methyl/N-ethyl adjacent to an activating group) is 1. The van der Waals surface area contributed by atoms with E-state index in [-0.39, 0.29) is 17.6 Å². The summed E-state index contributed by atoms with van der Waals surface area (Å²) in [4.78, 5) is 13.6. The first-order chi connectivity index (χ1) is 9.85. The monoisotopic (exact) mass is 286 g/mol. The summed E-state index contributed by atoms with van der Waals surface area (Å²) < 4.78 is 0. The second-order valence-corrected chi connectivity index (χ2v) is 5.90. The van der Waals surface area contributed by atoms with E-state index in [1.165, 1.54) is 5.56 Å². The van der Waals surface area contributed by atoms with Gasteiger partial charge in [0.25, 0.3) is 0 Å². The van der Waals surface area contributed by atoms with Crippen molar-refractivity contribution in [3.05, 3.63) is 47.7 Å². The van der Waals surface area contributed by atoms with Crippen LogP contribution in [-0.2, 0) is 4.79 Å². The Kier molecular flexibility index (Phi) is 6.41. The Hall–Kier alpha value is -1.83. The Morgan fingerprint density at radius 3 is 2.33 bits per heavy atom. The van der Waals surface area contributed by atoms with Gasteiger partial charge >= 0.3 is 0 Å². The highest BCUT2D eigenvalue weighted by Gasteiger charge is 2.24. The maximum absolute atomic E-state index is 11.4. The van der Waals surface area contributed by atoms with Crippen molar-refractivity contribution in [2.45, 2.75) is 26.2 Å². The van der Waals surface area contributed by atoms with E-state index < -0.39 is 0 Å². The first kappa shape index (κ1) is 17.2. The second kappa shape index (κ2) is 7.82. The van der Waals surface area contributed by atoms with Crippen molar-refractivity contribution in [3.63, 3.8) is 0 Å². The Bertz CT molecular complexity index is 525. The predicted octanol–water partition coefficient (Wildman–Crippen LogP) is 3.24. The molecule has 0 fully saturated rings. The maximum Gasteiger partial charge on any atom is 0.134 e. The SMILES string of the molecule is C=C=C(CC(C)=O)C(C)C(CN(C)C)c1ccc(N)cc1. The van der Waals surface area contributed by atoms with Crippen LogP contribution >= 0.6 is 0 Å². The molecule has 0 aromatic heterocycles. The van der Waals surface area contributed by atoms with Crippen LogP contribution in [-0.4, -0.2) is 31.3 Å². The molecule has 0 spiro atoms. The van der Waals surface area contributed by atoms with Gasteiger partial charge in [0.1, 0.15) is 5.78 Å². The minimum atomic E-state index is 0.147. The molecule has 0 saturated carbocycles. The number of hydrogen-bond donors (Lipinski definition) is 1. The number of Topliss-reactive ketones (excluding diaryl/α,β-unsaturated/α-hetero) is 1. The number of nitrogens with two attached hydrogens (primary N) is 1. The minimum Gasteiger partial charge on any atom is -0.399 e. The van der Waals surface area contributed by atoms with Gasteiger partial charge in [-0.1, -0.05) is 25.6 Å². The van der Waals surface area contributed by atoms with Crippen molar-refractivity contribution < 1.29 is 4.79 Å². The third-order valence-corrected chi connectivity index (χ3v) is 3.75. The van der Waals surface area contributed by atoms with Gasteiger partial charge in [-0.05, 0) is 50.2 Å². The summed E-state index contributed by atoms with van der Waals surface area (Å²) in [5.74, 6) is 0.635. The number of allylic oxidation sites excluding steroid dienone is 1. The molecule has 2 N–H and O–H groups in total. The molecular weight excluding hydrogens is 260 g/mol. The molecule has 0 radical (unpaired) electrons. The molecule has 3 nitrogen and oxygen atoms in total. The molecule has 2 atom stereocenters. The lowest BCUT2D eigenvalue weighted by Crippen LogP contribution is -2.26. The number of carbonyl (C=O) groups is 1. The van der Waals surface area contributed by atoms with Gasteiger partial charge in [0, 0.05) is 24.6 Å². The summed E-state index contributed by atoms with van der Waals surface area (Å²) in [6.07, 6.45) is 0.420. The number of hydrogen-bond acceptors (Lipinski definition) is 3. The average Bonchev–Trinajstić information content (AvgIpc) is 2.42. The van der Waals surface area contributed by atoms with Crippen molar-refractivity contribution in [2.24, 2.45) is 5.92 Å². The van der Waals surface area contributed by atoms with E-state index in [9.17, 15) is 4.79 Å². The van der Waals surface area contributed by atoms with Crippen molar-refractivity contribution in [2.75, 3.05) is 26.4 Å². The number of carbonyl (C=O) groups excluding carboxylic acids is 1. The molecule has 0 amide bonds. The van der Waals surface area contributed by atoms with Gasteiger partial charge in [-0.3, -0.25) is 4.79 Å². The number of benzene rings is 1. The van der Waals surface area contributed by atoms with Gasteiger partial charge in [0.15, 0.2) is 0 Å². The molecule has 0 heterocycles. The fraction of sp³-hybridized carbons (Fsp3) is 0.444. The molecule has 2 unspecified atom stereocenters. The highest BCUT2D eigenvalue weighted by atomic mass is 16.1. The summed E-state index contributed by atoms with van der Waals surface area (Å²) >= 11 is 0. The highest BCUT2D eigenvalue weighted by Crippen LogP contribution is 2.32. The maximum atomic E-state index is 11.4. The molecule has 0 aliphatic rings. The Labute approximate surface area is 128 Å².